The fourth-order valence-electron chi connectivity index (χ4n) is 3.12. The van der Waals surface area contributed by atoms with Gasteiger partial charge in [-0.15, -0.1) is 0 Å². The smallest absolute Gasteiger partial charge is 0.316 e. The van der Waals surface area contributed by atoms with E-state index >= 15 is 0 Å². The van der Waals surface area contributed by atoms with Crippen LogP contribution in [-0.4, -0.2) is 19.3 Å². The van der Waals surface area contributed by atoms with Crippen molar-refractivity contribution in [1.29, 1.82) is 5.26 Å². The number of nitrogens with zero attached hydrogens (tertiary/aromatic N) is 1. The second-order valence-electron chi connectivity index (χ2n) is 5.97. The van der Waals surface area contributed by atoms with Crippen molar-refractivity contribution < 1.29 is 13.9 Å². The van der Waals surface area contributed by atoms with Crippen LogP contribution in [0.4, 0.5) is 15.8 Å². The molecule has 0 saturated heterocycles. The third-order valence-corrected chi connectivity index (χ3v) is 4.43. The van der Waals surface area contributed by atoms with Gasteiger partial charge in [0, 0.05) is 11.4 Å². The summed E-state index contributed by atoms with van der Waals surface area (Å²) in [4.78, 5) is 12.1. The lowest BCUT2D eigenvalue weighted by molar-refractivity contribution is -0.154. The number of anilines is 2. The van der Waals surface area contributed by atoms with E-state index < -0.39 is 11.6 Å². The van der Waals surface area contributed by atoms with Gasteiger partial charge in [-0.2, -0.15) is 5.26 Å². The number of methoxy groups -OCH3 is 1. The van der Waals surface area contributed by atoms with E-state index in [1.54, 1.807) is 18.2 Å². The molecule has 2 aromatic rings. The van der Waals surface area contributed by atoms with Crippen molar-refractivity contribution in [3.05, 3.63) is 59.7 Å². The highest BCUT2D eigenvalue weighted by molar-refractivity contribution is 5.85. The number of hydrogen-bond donors (Lipinski definition) is 1. The Hall–Kier alpha value is -2.87. The molecule has 0 bridgehead atoms. The van der Waals surface area contributed by atoms with Gasteiger partial charge in [0.05, 0.1) is 24.2 Å². The summed E-state index contributed by atoms with van der Waals surface area (Å²) in [5, 5.41) is 12.1. The summed E-state index contributed by atoms with van der Waals surface area (Å²) in [7, 11) is 1.33. The van der Waals surface area contributed by atoms with E-state index in [0.29, 0.717) is 5.56 Å². The minimum atomic E-state index is -0.962. The summed E-state index contributed by atoms with van der Waals surface area (Å²) in [6.45, 7) is 0. The average Bonchev–Trinajstić information content (AvgIpc) is 2.59. The number of halogens is 1. The predicted octanol–water partition coefficient (Wildman–Crippen LogP) is 3.84. The summed E-state index contributed by atoms with van der Waals surface area (Å²) in [5.74, 6) is -0.390. The van der Waals surface area contributed by atoms with Crippen molar-refractivity contribution >= 4 is 17.3 Å². The van der Waals surface area contributed by atoms with Gasteiger partial charge in [0.2, 0.25) is 0 Å². The number of esters is 1. The van der Waals surface area contributed by atoms with Crippen LogP contribution in [0.1, 0.15) is 24.0 Å². The van der Waals surface area contributed by atoms with Crippen molar-refractivity contribution in [2.45, 2.75) is 24.4 Å². The number of hydrogen-bond acceptors (Lipinski definition) is 4. The fraction of sp³-hybridized carbons (Fsp3) is 0.263. The zero-order valence-corrected chi connectivity index (χ0v) is 13.3. The van der Waals surface area contributed by atoms with Gasteiger partial charge in [-0.05, 0) is 48.7 Å². The highest BCUT2D eigenvalue weighted by atomic mass is 19.1. The molecule has 5 heteroatoms. The van der Waals surface area contributed by atoms with Crippen LogP contribution in [0.15, 0.2) is 48.5 Å². The van der Waals surface area contributed by atoms with E-state index in [1.807, 2.05) is 30.3 Å². The molecule has 0 aromatic heterocycles. The fourth-order valence-corrected chi connectivity index (χ4v) is 3.12. The number of benzene rings is 2. The summed E-state index contributed by atoms with van der Waals surface area (Å²) in [5.41, 5.74) is 2.10. The monoisotopic (exact) mass is 324 g/mol. The van der Waals surface area contributed by atoms with Crippen LogP contribution in [0.2, 0.25) is 0 Å². The summed E-state index contributed by atoms with van der Waals surface area (Å²) < 4.78 is 18.2. The number of nitrogens with one attached hydrogen (secondary N) is 1. The van der Waals surface area contributed by atoms with Crippen molar-refractivity contribution in [1.82, 2.24) is 0 Å². The Balaban J connectivity index is 1.80. The summed E-state index contributed by atoms with van der Waals surface area (Å²) in [6.07, 6.45) is -0.636. The van der Waals surface area contributed by atoms with E-state index in [1.165, 1.54) is 7.11 Å². The van der Waals surface area contributed by atoms with Crippen LogP contribution < -0.4 is 5.32 Å². The largest absolute Gasteiger partial charge is 0.468 e. The van der Waals surface area contributed by atoms with Crippen molar-refractivity contribution in [3.63, 3.8) is 0 Å². The normalized spacial score (nSPS) is 22.1. The lowest BCUT2D eigenvalue weighted by Crippen LogP contribution is -2.49. The van der Waals surface area contributed by atoms with Gasteiger partial charge in [-0.3, -0.25) is 4.79 Å². The van der Waals surface area contributed by atoms with Gasteiger partial charge in [0.25, 0.3) is 0 Å². The molecule has 0 aliphatic heterocycles. The number of alkyl halides is 1. The number of rotatable bonds is 4. The predicted molar refractivity (Wildman–Crippen MR) is 88.7 cm³/mol. The highest BCUT2D eigenvalue weighted by Crippen LogP contribution is 2.46. The molecule has 1 saturated carbocycles. The van der Waals surface area contributed by atoms with Crippen LogP contribution in [0.3, 0.4) is 0 Å². The van der Waals surface area contributed by atoms with Crippen molar-refractivity contribution in [2.24, 2.45) is 0 Å². The standard InChI is InChI=1S/C19H17FN2O2/c1-24-18(23)19(10-15(20)11-19)14-5-7-16(8-6-14)22-17-4-2-3-13(9-17)12-21/h2-9,15,22H,10-11H2,1H3. The first kappa shape index (κ1) is 16.0. The first-order valence-electron chi connectivity index (χ1n) is 7.67. The minimum absolute atomic E-state index is 0.163. The Kier molecular flexibility index (Phi) is 4.22. The molecule has 0 unspecified atom stereocenters. The minimum Gasteiger partial charge on any atom is -0.468 e. The third kappa shape index (κ3) is 2.83. The maximum atomic E-state index is 13.4. The quantitative estimate of drug-likeness (QED) is 0.868. The van der Waals surface area contributed by atoms with Gasteiger partial charge in [0.1, 0.15) is 6.17 Å². The number of ether oxygens (including phenoxy) is 1. The summed E-state index contributed by atoms with van der Waals surface area (Å²) in [6, 6.07) is 16.6. The Bertz CT molecular complexity index is 790. The maximum absolute atomic E-state index is 13.4. The zero-order chi connectivity index (χ0) is 17.2. The molecule has 1 aliphatic rings. The molecule has 0 atom stereocenters. The molecule has 1 fully saturated rings. The Morgan fingerprint density at radius 1 is 1.25 bits per heavy atom. The lowest BCUT2D eigenvalue weighted by Gasteiger charge is -2.41. The molecule has 0 heterocycles. The van der Waals surface area contributed by atoms with E-state index in [4.69, 9.17) is 10.00 Å². The van der Waals surface area contributed by atoms with Gasteiger partial charge in [-0.25, -0.2) is 4.39 Å². The van der Waals surface area contributed by atoms with Crippen LogP contribution >= 0.6 is 0 Å². The first-order chi connectivity index (χ1) is 11.6. The molecule has 122 valence electrons. The molecule has 0 radical (unpaired) electrons. The molecule has 4 nitrogen and oxygen atoms in total. The van der Waals surface area contributed by atoms with Crippen molar-refractivity contribution in [3.8, 4) is 6.07 Å². The van der Waals surface area contributed by atoms with Gasteiger partial charge >= 0.3 is 5.97 Å². The van der Waals surface area contributed by atoms with Crippen molar-refractivity contribution in [2.75, 3.05) is 12.4 Å². The maximum Gasteiger partial charge on any atom is 0.316 e. The van der Waals surface area contributed by atoms with E-state index in [0.717, 1.165) is 16.9 Å². The van der Waals surface area contributed by atoms with Crippen LogP contribution in [0, 0.1) is 11.3 Å². The third-order valence-electron chi connectivity index (χ3n) is 4.43. The molecular weight excluding hydrogens is 307 g/mol. The van der Waals surface area contributed by atoms with Crippen LogP contribution in [0.25, 0.3) is 0 Å². The Morgan fingerprint density at radius 3 is 2.54 bits per heavy atom. The molecule has 0 spiro atoms. The molecule has 0 amide bonds. The van der Waals surface area contributed by atoms with Crippen LogP contribution in [0.5, 0.6) is 0 Å². The van der Waals surface area contributed by atoms with Crippen LogP contribution in [-0.2, 0) is 14.9 Å². The van der Waals surface area contributed by atoms with Gasteiger partial charge in [0.15, 0.2) is 0 Å². The molecule has 1 aliphatic carbocycles. The summed E-state index contributed by atoms with van der Waals surface area (Å²) >= 11 is 0. The molecule has 24 heavy (non-hydrogen) atoms. The topological polar surface area (TPSA) is 62.1 Å². The SMILES string of the molecule is COC(=O)C1(c2ccc(Nc3cccc(C#N)c3)cc2)CC(F)C1. The second-order valence-corrected chi connectivity index (χ2v) is 5.97. The zero-order valence-electron chi connectivity index (χ0n) is 13.3. The molecule has 2 aromatic carbocycles. The van der Waals surface area contributed by atoms with E-state index in [-0.39, 0.29) is 18.8 Å². The number of carbonyl (C=O) groups is 1. The lowest BCUT2D eigenvalue weighted by atomic mass is 9.63. The molecule has 1 N–H and O–H groups in total. The first-order valence-corrected chi connectivity index (χ1v) is 7.67. The van der Waals surface area contributed by atoms with E-state index in [2.05, 4.69) is 11.4 Å². The Morgan fingerprint density at radius 2 is 1.96 bits per heavy atom. The van der Waals surface area contributed by atoms with Gasteiger partial charge in [-0.1, -0.05) is 18.2 Å². The second kappa shape index (κ2) is 6.32. The average molecular weight is 324 g/mol. The Labute approximate surface area is 139 Å². The molecule has 3 rings (SSSR count). The number of carbonyl (C=O) groups excluding carboxylic acids is 1. The number of nitriles is 1. The molecular formula is C19H17FN2O2. The van der Waals surface area contributed by atoms with E-state index in [9.17, 15) is 9.18 Å². The highest BCUT2D eigenvalue weighted by Gasteiger charge is 2.52. The van der Waals surface area contributed by atoms with Gasteiger partial charge < -0.3 is 10.1 Å².